The Labute approximate surface area is 212 Å². The van der Waals surface area contributed by atoms with Crippen LogP contribution in [0.2, 0.25) is 0 Å². The molecule has 0 saturated carbocycles. The number of aromatic nitrogens is 2. The Kier molecular flexibility index (Phi) is 6.76. The molecule has 37 heavy (non-hydrogen) atoms. The summed E-state index contributed by atoms with van der Waals surface area (Å²) < 4.78 is 11.8. The van der Waals surface area contributed by atoms with Crippen molar-refractivity contribution in [3.8, 4) is 5.75 Å². The van der Waals surface area contributed by atoms with Crippen LogP contribution in [0, 0.1) is 0 Å². The molecule has 1 aromatic heterocycles. The average Bonchev–Trinajstić information content (AvgIpc) is 3.39. The van der Waals surface area contributed by atoms with Crippen LogP contribution in [0.3, 0.4) is 0 Å². The number of para-hydroxylation sites is 2. The Morgan fingerprint density at radius 2 is 1.70 bits per heavy atom. The van der Waals surface area contributed by atoms with Crippen molar-refractivity contribution in [2.24, 2.45) is 5.10 Å². The summed E-state index contributed by atoms with van der Waals surface area (Å²) in [5, 5.41) is 5.96. The summed E-state index contributed by atoms with van der Waals surface area (Å²) in [6.45, 7) is -0.843. The second-order valence-electron chi connectivity index (χ2n) is 8.48. The second kappa shape index (κ2) is 10.4. The normalized spacial score (nSPS) is 14.9. The predicted molar refractivity (Wildman–Crippen MR) is 137 cm³/mol. The van der Waals surface area contributed by atoms with Crippen molar-refractivity contribution in [1.29, 1.82) is 0 Å². The van der Waals surface area contributed by atoms with Gasteiger partial charge >= 0.3 is 5.97 Å². The molecule has 4 aromatic rings. The van der Waals surface area contributed by atoms with Crippen molar-refractivity contribution in [1.82, 2.24) is 14.6 Å². The Balaban J connectivity index is 1.33. The number of carbonyl (C=O) groups excluding carboxylic acids is 2. The van der Waals surface area contributed by atoms with Gasteiger partial charge in [0.05, 0.1) is 36.1 Å². The number of hydrogen-bond donors (Lipinski definition) is 0. The van der Waals surface area contributed by atoms with Crippen LogP contribution in [0.15, 0.2) is 95.0 Å². The highest BCUT2D eigenvalue weighted by Crippen LogP contribution is 2.33. The highest BCUT2D eigenvalue weighted by Gasteiger charge is 2.33. The summed E-state index contributed by atoms with van der Waals surface area (Å²) in [6, 6.07) is 23.7. The first-order chi connectivity index (χ1) is 18.0. The van der Waals surface area contributed by atoms with E-state index in [0.717, 1.165) is 23.0 Å². The third-order valence-corrected chi connectivity index (χ3v) is 6.17. The molecule has 9 heteroatoms. The zero-order valence-electron chi connectivity index (χ0n) is 20.1. The zero-order chi connectivity index (χ0) is 25.8. The minimum atomic E-state index is -0.709. The topological polar surface area (TPSA) is 103 Å². The van der Waals surface area contributed by atoms with E-state index in [0.29, 0.717) is 23.2 Å². The molecule has 3 aromatic carbocycles. The largest absolute Gasteiger partial charge is 0.497 e. The fourth-order valence-electron chi connectivity index (χ4n) is 4.29. The van der Waals surface area contributed by atoms with Crippen LogP contribution in [0.25, 0.3) is 11.0 Å². The summed E-state index contributed by atoms with van der Waals surface area (Å²) in [7, 11) is 1.59. The molecule has 1 amide bonds. The van der Waals surface area contributed by atoms with E-state index in [9.17, 15) is 14.4 Å². The van der Waals surface area contributed by atoms with Gasteiger partial charge in [0.1, 0.15) is 12.3 Å². The lowest BCUT2D eigenvalue weighted by Crippen LogP contribution is -2.32. The molecule has 0 fully saturated rings. The lowest BCUT2D eigenvalue weighted by molar-refractivity contribution is -0.153. The molecule has 0 aliphatic carbocycles. The first-order valence-electron chi connectivity index (χ1n) is 11.7. The second-order valence-corrected chi connectivity index (χ2v) is 8.48. The number of hydrogen-bond acceptors (Lipinski definition) is 7. The molecule has 186 valence electrons. The summed E-state index contributed by atoms with van der Waals surface area (Å²) in [5.74, 6) is -0.470. The Morgan fingerprint density at radius 3 is 2.46 bits per heavy atom. The SMILES string of the molecule is COc1ccc(C2CC(c3ccccc3)=NN2C(=O)COC(=O)Cn2c(=O)cnc3ccccc32)cc1. The van der Waals surface area contributed by atoms with E-state index in [1.807, 2.05) is 54.6 Å². The number of methoxy groups -OCH3 is 1. The molecule has 1 atom stereocenters. The van der Waals surface area contributed by atoms with Gasteiger partial charge < -0.3 is 9.47 Å². The van der Waals surface area contributed by atoms with Crippen LogP contribution < -0.4 is 10.3 Å². The number of rotatable bonds is 7. The molecule has 1 unspecified atom stereocenters. The number of carbonyl (C=O) groups is 2. The van der Waals surface area contributed by atoms with Gasteiger partial charge in [0.2, 0.25) is 0 Å². The number of benzene rings is 3. The Morgan fingerprint density at radius 1 is 0.973 bits per heavy atom. The van der Waals surface area contributed by atoms with E-state index >= 15 is 0 Å². The zero-order valence-corrected chi connectivity index (χ0v) is 20.1. The smallest absolute Gasteiger partial charge is 0.326 e. The predicted octanol–water partition coefficient (Wildman–Crippen LogP) is 3.33. The molecule has 0 spiro atoms. The van der Waals surface area contributed by atoms with E-state index in [1.54, 1.807) is 31.4 Å². The molecular weight excluding hydrogens is 472 g/mol. The van der Waals surface area contributed by atoms with Gasteiger partial charge in [-0.1, -0.05) is 54.6 Å². The third-order valence-electron chi connectivity index (χ3n) is 6.17. The standard InChI is InChI=1S/C28H24N4O5/c1-36-21-13-11-20(12-14-21)25-15-23(19-7-3-2-4-8-19)30-32(25)27(34)18-37-28(35)17-31-24-10-6-5-9-22(24)29-16-26(31)33/h2-14,16,25H,15,17-18H2,1H3. The number of amides is 1. The van der Waals surface area contributed by atoms with Gasteiger partial charge in [-0.25, -0.2) is 9.99 Å². The van der Waals surface area contributed by atoms with Gasteiger partial charge in [0.15, 0.2) is 6.61 Å². The van der Waals surface area contributed by atoms with Crippen molar-refractivity contribution in [2.45, 2.75) is 19.0 Å². The van der Waals surface area contributed by atoms with Crippen LogP contribution in [-0.2, 0) is 20.9 Å². The Bertz CT molecular complexity index is 1530. The van der Waals surface area contributed by atoms with Gasteiger partial charge in [-0.3, -0.25) is 19.0 Å². The first-order valence-corrected chi connectivity index (χ1v) is 11.7. The molecule has 5 rings (SSSR count). The van der Waals surface area contributed by atoms with Crippen molar-refractivity contribution >= 4 is 28.6 Å². The average molecular weight is 497 g/mol. The lowest BCUT2D eigenvalue weighted by atomic mass is 9.98. The Hall–Kier alpha value is -4.79. The number of hydrazone groups is 1. The van der Waals surface area contributed by atoms with E-state index in [4.69, 9.17) is 9.47 Å². The maximum Gasteiger partial charge on any atom is 0.326 e. The van der Waals surface area contributed by atoms with E-state index in [2.05, 4.69) is 10.1 Å². The minimum Gasteiger partial charge on any atom is -0.497 e. The van der Waals surface area contributed by atoms with Crippen LogP contribution >= 0.6 is 0 Å². The van der Waals surface area contributed by atoms with Gasteiger partial charge in [0.25, 0.3) is 11.5 Å². The molecule has 0 N–H and O–H groups in total. The van der Waals surface area contributed by atoms with Gasteiger partial charge in [-0.05, 0) is 35.4 Å². The van der Waals surface area contributed by atoms with E-state index < -0.39 is 24.0 Å². The van der Waals surface area contributed by atoms with Gasteiger partial charge in [0, 0.05) is 6.42 Å². The van der Waals surface area contributed by atoms with Crippen molar-refractivity contribution < 1.29 is 19.1 Å². The highest BCUT2D eigenvalue weighted by molar-refractivity contribution is 6.03. The summed E-state index contributed by atoms with van der Waals surface area (Å²) >= 11 is 0. The number of esters is 1. The van der Waals surface area contributed by atoms with E-state index in [-0.39, 0.29) is 12.6 Å². The van der Waals surface area contributed by atoms with Crippen LogP contribution in [0.1, 0.15) is 23.6 Å². The lowest BCUT2D eigenvalue weighted by Gasteiger charge is -2.22. The fraction of sp³-hybridized carbons (Fsp3) is 0.179. The molecule has 1 aliphatic heterocycles. The van der Waals surface area contributed by atoms with Gasteiger partial charge in [-0.15, -0.1) is 0 Å². The maximum absolute atomic E-state index is 13.2. The summed E-state index contributed by atoms with van der Waals surface area (Å²) in [6.07, 6.45) is 1.67. The quantitative estimate of drug-likeness (QED) is 0.364. The number of nitrogens with zero attached hydrogens (tertiary/aromatic N) is 4. The van der Waals surface area contributed by atoms with Crippen LogP contribution in [-0.4, -0.2) is 45.9 Å². The molecule has 2 heterocycles. The first kappa shape index (κ1) is 23.9. The number of fused-ring (bicyclic) bond motifs is 1. The molecule has 0 saturated heterocycles. The van der Waals surface area contributed by atoms with Crippen molar-refractivity contribution in [3.63, 3.8) is 0 Å². The molecule has 0 bridgehead atoms. The fourth-order valence-corrected chi connectivity index (χ4v) is 4.29. The van der Waals surface area contributed by atoms with Crippen molar-refractivity contribution in [2.75, 3.05) is 13.7 Å². The number of ether oxygens (including phenoxy) is 2. The van der Waals surface area contributed by atoms with Crippen LogP contribution in [0.4, 0.5) is 0 Å². The van der Waals surface area contributed by atoms with Gasteiger partial charge in [-0.2, -0.15) is 5.10 Å². The van der Waals surface area contributed by atoms with Crippen molar-refractivity contribution in [3.05, 3.63) is 107 Å². The third kappa shape index (κ3) is 5.11. The summed E-state index contributed by atoms with van der Waals surface area (Å²) in [4.78, 5) is 42.2. The minimum absolute atomic E-state index is 0.338. The maximum atomic E-state index is 13.2. The molecular formula is C28H24N4O5. The molecule has 9 nitrogen and oxygen atoms in total. The van der Waals surface area contributed by atoms with E-state index in [1.165, 1.54) is 9.58 Å². The monoisotopic (exact) mass is 496 g/mol. The molecule has 0 radical (unpaired) electrons. The highest BCUT2D eigenvalue weighted by atomic mass is 16.5. The molecule has 1 aliphatic rings. The van der Waals surface area contributed by atoms with Crippen LogP contribution in [0.5, 0.6) is 5.75 Å². The summed E-state index contributed by atoms with van der Waals surface area (Å²) in [5.41, 5.74) is 3.21.